The Hall–Kier alpha value is -2.45. The maximum Gasteiger partial charge on any atom is 0.252 e. The van der Waals surface area contributed by atoms with E-state index in [-0.39, 0.29) is 36.0 Å². The summed E-state index contributed by atoms with van der Waals surface area (Å²) in [6.07, 6.45) is 1.22. The van der Waals surface area contributed by atoms with E-state index in [4.69, 9.17) is 4.74 Å². The average Bonchev–Trinajstić information content (AvgIpc) is 2.80. The molecule has 0 aliphatic carbocycles. The van der Waals surface area contributed by atoms with Crippen molar-refractivity contribution in [1.29, 1.82) is 0 Å². The summed E-state index contributed by atoms with van der Waals surface area (Å²) in [5, 5.41) is 5.82. The van der Waals surface area contributed by atoms with E-state index in [1.165, 1.54) is 0 Å². The number of benzene rings is 1. The van der Waals surface area contributed by atoms with E-state index >= 15 is 0 Å². The van der Waals surface area contributed by atoms with Gasteiger partial charge in [-0.3, -0.25) is 14.4 Å². The minimum atomic E-state index is -0.710. The van der Waals surface area contributed by atoms with Crippen molar-refractivity contribution in [3.8, 4) is 0 Å². The van der Waals surface area contributed by atoms with Gasteiger partial charge in [0.05, 0.1) is 12.6 Å². The Balaban J connectivity index is 1.69. The summed E-state index contributed by atoms with van der Waals surface area (Å²) in [5.41, 5.74) is 1.54. The molecule has 0 spiro atoms. The van der Waals surface area contributed by atoms with Gasteiger partial charge in [-0.15, -0.1) is 0 Å². The summed E-state index contributed by atoms with van der Waals surface area (Å²) < 4.78 is 5.33. The fourth-order valence-electron chi connectivity index (χ4n) is 4.42. The van der Waals surface area contributed by atoms with E-state index in [2.05, 4.69) is 27.5 Å². The molecule has 2 N–H and O–H groups in total. The molecule has 0 saturated carbocycles. The molecule has 2 aliphatic rings. The molecule has 0 aromatic heterocycles. The Kier molecular flexibility index (Phi) is 8.86. The first-order chi connectivity index (χ1) is 15.8. The highest BCUT2D eigenvalue weighted by Gasteiger charge is 2.35. The second-order valence-electron chi connectivity index (χ2n) is 9.63. The lowest BCUT2D eigenvalue weighted by atomic mass is 9.91. The molecule has 2 saturated heterocycles. The van der Waals surface area contributed by atoms with E-state index in [9.17, 15) is 14.4 Å². The van der Waals surface area contributed by atoms with Crippen LogP contribution < -0.4 is 15.5 Å². The average molecular weight is 459 g/mol. The first-order valence-corrected chi connectivity index (χ1v) is 12.0. The second kappa shape index (κ2) is 11.6. The molecular formula is C25H38N4O4. The minimum absolute atomic E-state index is 0.0156. The summed E-state index contributed by atoms with van der Waals surface area (Å²) in [6.45, 7) is 10.3. The highest BCUT2D eigenvalue weighted by Crippen LogP contribution is 2.19. The number of hydrogen-bond donors (Lipinski definition) is 2. The van der Waals surface area contributed by atoms with Gasteiger partial charge in [-0.1, -0.05) is 26.8 Å². The van der Waals surface area contributed by atoms with Gasteiger partial charge in [0.2, 0.25) is 5.91 Å². The van der Waals surface area contributed by atoms with Gasteiger partial charge >= 0.3 is 0 Å². The number of ether oxygens (including phenoxy) is 1. The molecule has 2 fully saturated rings. The summed E-state index contributed by atoms with van der Waals surface area (Å²) in [6, 6.07) is 6.28. The molecule has 33 heavy (non-hydrogen) atoms. The number of ketones is 1. The number of anilines is 1. The Morgan fingerprint density at radius 3 is 2.58 bits per heavy atom. The largest absolute Gasteiger partial charge is 0.373 e. The second-order valence-corrected chi connectivity index (χ2v) is 9.63. The molecule has 2 aliphatic heterocycles. The number of nitrogens with zero attached hydrogens (tertiary/aromatic N) is 2. The van der Waals surface area contributed by atoms with Crippen molar-refractivity contribution in [1.82, 2.24) is 15.5 Å². The van der Waals surface area contributed by atoms with Crippen LogP contribution in [0, 0.1) is 11.8 Å². The number of likely N-dealkylation sites (N-methyl/N-ethyl adjacent to an activating group) is 1. The van der Waals surface area contributed by atoms with Gasteiger partial charge in [-0.2, -0.15) is 0 Å². The highest BCUT2D eigenvalue weighted by atomic mass is 16.5. The zero-order valence-corrected chi connectivity index (χ0v) is 20.3. The SMILES string of the molecule is CC[C@@H]1COCC(=O)[C@H]1NC(=O)[C@H](CC(C)C)NC(=O)c1cccc(N2CCN(C)CC2)c1. The molecule has 8 heteroatoms. The predicted molar refractivity (Wildman–Crippen MR) is 128 cm³/mol. The van der Waals surface area contributed by atoms with Gasteiger partial charge in [0, 0.05) is 43.3 Å². The van der Waals surface area contributed by atoms with Crippen LogP contribution >= 0.6 is 0 Å². The van der Waals surface area contributed by atoms with Crippen molar-refractivity contribution in [2.24, 2.45) is 11.8 Å². The predicted octanol–water partition coefficient (Wildman–Crippen LogP) is 1.69. The number of carbonyl (C=O) groups is 3. The Morgan fingerprint density at radius 2 is 1.91 bits per heavy atom. The van der Waals surface area contributed by atoms with Crippen LogP contribution in [0.2, 0.25) is 0 Å². The minimum Gasteiger partial charge on any atom is -0.373 e. The first kappa shape index (κ1) is 25.2. The first-order valence-electron chi connectivity index (χ1n) is 12.0. The van der Waals surface area contributed by atoms with Crippen molar-refractivity contribution < 1.29 is 19.1 Å². The zero-order chi connectivity index (χ0) is 24.0. The Labute approximate surface area is 197 Å². The highest BCUT2D eigenvalue weighted by molar-refractivity contribution is 5.99. The number of carbonyl (C=O) groups excluding carboxylic acids is 3. The number of amides is 2. The third kappa shape index (κ3) is 6.77. The molecule has 3 atom stereocenters. The van der Waals surface area contributed by atoms with E-state index in [1.54, 1.807) is 6.07 Å². The quantitative estimate of drug-likeness (QED) is 0.616. The van der Waals surface area contributed by atoms with Crippen molar-refractivity contribution in [3.63, 3.8) is 0 Å². The van der Waals surface area contributed by atoms with Gasteiger partial charge in [-0.05, 0) is 44.0 Å². The molecule has 3 rings (SSSR count). The van der Waals surface area contributed by atoms with Crippen molar-refractivity contribution >= 4 is 23.3 Å². The van der Waals surface area contributed by atoms with Crippen molar-refractivity contribution in [2.45, 2.75) is 45.7 Å². The van der Waals surface area contributed by atoms with Crippen LogP contribution in [-0.2, 0) is 14.3 Å². The monoisotopic (exact) mass is 458 g/mol. The van der Waals surface area contributed by atoms with Crippen LogP contribution in [0.25, 0.3) is 0 Å². The number of piperazine rings is 1. The van der Waals surface area contributed by atoms with E-state index in [1.807, 2.05) is 39.0 Å². The molecule has 1 aromatic rings. The molecule has 8 nitrogen and oxygen atoms in total. The van der Waals surface area contributed by atoms with E-state index in [0.717, 1.165) is 38.3 Å². The fourth-order valence-corrected chi connectivity index (χ4v) is 4.42. The molecule has 0 radical (unpaired) electrons. The van der Waals surface area contributed by atoms with Crippen LogP contribution in [-0.4, -0.2) is 81.0 Å². The van der Waals surface area contributed by atoms with Crippen LogP contribution in [0.4, 0.5) is 5.69 Å². The Bertz CT molecular complexity index is 835. The Morgan fingerprint density at radius 1 is 1.18 bits per heavy atom. The lowest BCUT2D eigenvalue weighted by Crippen LogP contribution is -2.56. The van der Waals surface area contributed by atoms with E-state index < -0.39 is 12.1 Å². The molecule has 2 heterocycles. The van der Waals surface area contributed by atoms with Crippen molar-refractivity contribution in [3.05, 3.63) is 29.8 Å². The molecular weight excluding hydrogens is 420 g/mol. The summed E-state index contributed by atoms with van der Waals surface area (Å²) >= 11 is 0. The third-order valence-corrected chi connectivity index (χ3v) is 6.52. The van der Waals surface area contributed by atoms with Crippen molar-refractivity contribution in [2.75, 3.05) is 51.3 Å². The zero-order valence-electron chi connectivity index (χ0n) is 20.3. The molecule has 2 amide bonds. The van der Waals surface area contributed by atoms with Gasteiger partial charge in [0.1, 0.15) is 12.6 Å². The summed E-state index contributed by atoms with van der Waals surface area (Å²) in [7, 11) is 2.11. The van der Waals surface area contributed by atoms with Gasteiger partial charge in [-0.25, -0.2) is 0 Å². The number of nitrogens with one attached hydrogen (secondary N) is 2. The van der Waals surface area contributed by atoms with Gasteiger partial charge in [0.25, 0.3) is 5.91 Å². The maximum atomic E-state index is 13.1. The summed E-state index contributed by atoms with van der Waals surface area (Å²) in [5.74, 6) is -0.560. The topological polar surface area (TPSA) is 91.0 Å². The van der Waals surface area contributed by atoms with E-state index in [0.29, 0.717) is 18.6 Å². The standard InChI is InChI=1S/C25H38N4O4/c1-5-18-15-33-16-22(30)23(18)27-25(32)21(13-17(2)3)26-24(31)19-7-6-8-20(14-19)29-11-9-28(4)10-12-29/h6-8,14,17-18,21,23H,5,9-13,15-16H2,1-4H3,(H,26,31)(H,27,32)/t18-,21+,23+/m1/s1. The number of rotatable bonds is 8. The lowest BCUT2D eigenvalue weighted by molar-refractivity contribution is -0.138. The van der Waals surface area contributed by atoms with Crippen LogP contribution in [0.3, 0.4) is 0 Å². The molecule has 1 aromatic carbocycles. The molecule has 182 valence electrons. The molecule has 0 bridgehead atoms. The molecule has 0 unspecified atom stereocenters. The normalized spacial score (nSPS) is 22.8. The van der Waals surface area contributed by atoms with Gasteiger partial charge in [0.15, 0.2) is 5.78 Å². The number of hydrogen-bond acceptors (Lipinski definition) is 6. The third-order valence-electron chi connectivity index (χ3n) is 6.52. The smallest absolute Gasteiger partial charge is 0.252 e. The fraction of sp³-hybridized carbons (Fsp3) is 0.640. The summed E-state index contributed by atoms with van der Waals surface area (Å²) in [4.78, 5) is 43.2. The maximum absolute atomic E-state index is 13.1. The lowest BCUT2D eigenvalue weighted by Gasteiger charge is -2.34. The van der Waals surface area contributed by atoms with Crippen LogP contribution in [0.1, 0.15) is 44.0 Å². The number of Topliss-reactive ketones (excluding diaryl/α,β-unsaturated/α-hetero) is 1. The van der Waals surface area contributed by atoms with Gasteiger partial charge < -0.3 is 25.2 Å². The van der Waals surface area contributed by atoms with Crippen LogP contribution in [0.5, 0.6) is 0 Å². The van der Waals surface area contributed by atoms with Crippen LogP contribution in [0.15, 0.2) is 24.3 Å².